The Morgan fingerprint density at radius 2 is 1.79 bits per heavy atom. The molecule has 0 aliphatic carbocycles. The van der Waals surface area contributed by atoms with Gasteiger partial charge in [-0.05, 0) is 47.1 Å². The number of nitrogens with one attached hydrogen (secondary N) is 1. The number of amides is 3. The molecule has 1 N–H and O–H groups in total. The molecule has 0 radical (unpaired) electrons. The molecule has 1 aliphatic heterocycles. The van der Waals surface area contributed by atoms with Crippen molar-refractivity contribution in [2.24, 2.45) is 5.10 Å². The van der Waals surface area contributed by atoms with Crippen LogP contribution in [-0.4, -0.2) is 34.9 Å². The molecule has 1 aromatic heterocycles. The van der Waals surface area contributed by atoms with E-state index in [2.05, 4.69) is 26.5 Å². The van der Waals surface area contributed by atoms with E-state index < -0.39 is 5.91 Å². The highest BCUT2D eigenvalue weighted by atomic mass is 79.9. The molecule has 8 heteroatoms. The van der Waals surface area contributed by atoms with Gasteiger partial charge in [0, 0.05) is 0 Å². The quantitative estimate of drug-likeness (QED) is 0.493. The third-order valence-corrected chi connectivity index (χ3v) is 3.84. The summed E-state index contributed by atoms with van der Waals surface area (Å²) in [4.78, 5) is 37.4. The van der Waals surface area contributed by atoms with Crippen molar-refractivity contribution in [1.29, 1.82) is 0 Å². The van der Waals surface area contributed by atoms with Crippen LogP contribution in [0.5, 0.6) is 0 Å². The summed E-state index contributed by atoms with van der Waals surface area (Å²) < 4.78 is 5.53. The minimum absolute atomic E-state index is 0.00548. The van der Waals surface area contributed by atoms with Crippen LogP contribution in [0.15, 0.2) is 50.6 Å². The normalized spacial score (nSPS) is 14.1. The molecule has 7 nitrogen and oxygen atoms in total. The zero-order valence-corrected chi connectivity index (χ0v) is 14.2. The van der Waals surface area contributed by atoms with Gasteiger partial charge in [0.25, 0.3) is 11.8 Å². The molecule has 0 unspecified atom stereocenters. The lowest BCUT2D eigenvalue weighted by molar-refractivity contribution is 0.0677. The van der Waals surface area contributed by atoms with E-state index in [0.29, 0.717) is 21.5 Å². The molecule has 0 bridgehead atoms. The van der Waals surface area contributed by atoms with Crippen LogP contribution < -0.4 is 5.43 Å². The summed E-state index contributed by atoms with van der Waals surface area (Å²) >= 11 is 3.10. The molecule has 1 aromatic carbocycles. The van der Waals surface area contributed by atoms with Crippen molar-refractivity contribution in [2.75, 3.05) is 6.54 Å². The predicted molar refractivity (Wildman–Crippen MR) is 88.8 cm³/mol. The fourth-order valence-electron chi connectivity index (χ4n) is 2.28. The van der Waals surface area contributed by atoms with Gasteiger partial charge in [-0.3, -0.25) is 19.3 Å². The minimum atomic E-state index is -0.526. The maximum absolute atomic E-state index is 12.2. The third-order valence-electron chi connectivity index (χ3n) is 3.41. The summed E-state index contributed by atoms with van der Waals surface area (Å²) in [5.41, 5.74) is 3.48. The topological polar surface area (TPSA) is 92.0 Å². The molecule has 1 aliphatic rings. The van der Waals surface area contributed by atoms with Gasteiger partial charge in [0.2, 0.25) is 0 Å². The molecular weight excluding hydrogens is 378 g/mol. The Morgan fingerprint density at radius 3 is 2.33 bits per heavy atom. The van der Waals surface area contributed by atoms with E-state index in [4.69, 9.17) is 4.42 Å². The maximum atomic E-state index is 12.2. The Morgan fingerprint density at radius 1 is 1.17 bits per heavy atom. The van der Waals surface area contributed by atoms with Crippen LogP contribution in [0.3, 0.4) is 0 Å². The molecule has 2 heterocycles. The molecule has 24 heavy (non-hydrogen) atoms. The number of carbonyl (C=O) groups excluding carboxylic acids is 3. The number of hydrogen-bond acceptors (Lipinski definition) is 5. The first-order valence-corrected chi connectivity index (χ1v) is 7.80. The van der Waals surface area contributed by atoms with E-state index in [-0.39, 0.29) is 24.1 Å². The molecule has 122 valence electrons. The maximum Gasteiger partial charge on any atom is 0.307 e. The first-order valence-electron chi connectivity index (χ1n) is 7.01. The van der Waals surface area contributed by atoms with Crippen molar-refractivity contribution in [3.63, 3.8) is 0 Å². The predicted octanol–water partition coefficient (Wildman–Crippen LogP) is 2.44. The number of halogens is 1. The van der Waals surface area contributed by atoms with E-state index >= 15 is 0 Å². The molecule has 3 amide bonds. The Labute approximate surface area is 145 Å². The summed E-state index contributed by atoms with van der Waals surface area (Å²) in [7, 11) is 0. The molecule has 0 spiro atoms. The van der Waals surface area contributed by atoms with Gasteiger partial charge in [-0.25, -0.2) is 5.43 Å². The second-order valence-corrected chi connectivity index (χ2v) is 5.92. The smallest absolute Gasteiger partial charge is 0.307 e. The number of fused-ring (bicyclic) bond motifs is 1. The lowest BCUT2D eigenvalue weighted by Gasteiger charge is -2.13. The summed E-state index contributed by atoms with van der Waals surface area (Å²) in [6, 6.07) is 9.71. The van der Waals surface area contributed by atoms with E-state index in [1.807, 2.05) is 0 Å². The van der Waals surface area contributed by atoms with E-state index in [9.17, 15) is 14.4 Å². The largest absolute Gasteiger partial charge is 0.444 e. The number of carbonyl (C=O) groups is 3. The van der Waals surface area contributed by atoms with Crippen molar-refractivity contribution in [2.45, 2.75) is 6.92 Å². The Hall–Kier alpha value is -2.74. The summed E-state index contributed by atoms with van der Waals surface area (Å²) in [5, 5.41) is 3.90. The van der Waals surface area contributed by atoms with Crippen molar-refractivity contribution in [3.05, 3.63) is 58.0 Å². The van der Waals surface area contributed by atoms with Crippen LogP contribution in [0.1, 0.15) is 38.2 Å². The van der Waals surface area contributed by atoms with Crippen molar-refractivity contribution < 1.29 is 18.8 Å². The number of benzene rings is 1. The van der Waals surface area contributed by atoms with Gasteiger partial charge >= 0.3 is 5.91 Å². The zero-order chi connectivity index (χ0) is 17.3. The van der Waals surface area contributed by atoms with Gasteiger partial charge in [0.05, 0.1) is 23.4 Å². The van der Waals surface area contributed by atoms with Crippen molar-refractivity contribution in [1.82, 2.24) is 10.3 Å². The number of nitrogens with zero attached hydrogens (tertiary/aromatic N) is 2. The van der Waals surface area contributed by atoms with Gasteiger partial charge in [-0.15, -0.1) is 0 Å². The standard InChI is InChI=1S/C16H12BrN3O4/c1-9(18-19-14(21)12-6-7-13(17)24-12)8-20-15(22)10-4-2-3-5-11(10)16(20)23/h2-7H,8H2,1H3,(H,19,21)/b18-9+. The van der Waals surface area contributed by atoms with E-state index in [0.717, 1.165) is 4.90 Å². The lowest BCUT2D eigenvalue weighted by atomic mass is 10.1. The van der Waals surface area contributed by atoms with Crippen LogP contribution in [0.4, 0.5) is 0 Å². The molecule has 0 atom stereocenters. The van der Waals surface area contributed by atoms with Gasteiger partial charge in [-0.1, -0.05) is 12.1 Å². The number of hydrazone groups is 1. The van der Waals surface area contributed by atoms with E-state index in [1.165, 1.54) is 6.07 Å². The molecule has 2 aromatic rings. The van der Waals surface area contributed by atoms with Gasteiger partial charge in [0.15, 0.2) is 10.4 Å². The summed E-state index contributed by atoms with van der Waals surface area (Å²) in [6.45, 7) is 1.61. The Kier molecular flexibility index (Phi) is 4.30. The first kappa shape index (κ1) is 16.1. The van der Waals surface area contributed by atoms with E-state index in [1.54, 1.807) is 37.3 Å². The molecule has 0 saturated carbocycles. The van der Waals surface area contributed by atoms with Gasteiger partial charge in [0.1, 0.15) is 0 Å². The number of furan rings is 1. The molecular formula is C16H12BrN3O4. The highest BCUT2D eigenvalue weighted by Crippen LogP contribution is 2.22. The van der Waals surface area contributed by atoms with Gasteiger partial charge in [-0.2, -0.15) is 5.10 Å². The zero-order valence-electron chi connectivity index (χ0n) is 12.6. The minimum Gasteiger partial charge on any atom is -0.444 e. The highest BCUT2D eigenvalue weighted by Gasteiger charge is 2.35. The molecule has 3 rings (SSSR count). The second kappa shape index (κ2) is 6.40. The monoisotopic (exact) mass is 389 g/mol. The first-order chi connectivity index (χ1) is 11.5. The second-order valence-electron chi connectivity index (χ2n) is 5.13. The van der Waals surface area contributed by atoms with Crippen LogP contribution >= 0.6 is 15.9 Å². The average molecular weight is 390 g/mol. The van der Waals surface area contributed by atoms with Gasteiger partial charge < -0.3 is 4.42 Å². The summed E-state index contributed by atoms with van der Waals surface area (Å²) in [6.07, 6.45) is 0. The van der Waals surface area contributed by atoms with Crippen molar-refractivity contribution >= 4 is 39.4 Å². The number of rotatable bonds is 4. The van der Waals surface area contributed by atoms with Crippen LogP contribution in [0.25, 0.3) is 0 Å². The molecule has 0 saturated heterocycles. The van der Waals surface area contributed by atoms with Crippen LogP contribution in [0.2, 0.25) is 0 Å². The van der Waals surface area contributed by atoms with Crippen molar-refractivity contribution in [3.8, 4) is 0 Å². The Bertz CT molecular complexity index is 837. The summed E-state index contributed by atoms with van der Waals surface area (Å²) in [5.74, 6) is -1.17. The third kappa shape index (κ3) is 3.00. The highest BCUT2D eigenvalue weighted by molar-refractivity contribution is 9.10. The fraction of sp³-hybridized carbons (Fsp3) is 0.125. The van der Waals surface area contributed by atoms with Crippen LogP contribution in [0, 0.1) is 0 Å². The average Bonchev–Trinajstić information content (AvgIpc) is 3.11. The Balaban J connectivity index is 1.67. The lowest BCUT2D eigenvalue weighted by Crippen LogP contribution is -2.35. The number of hydrogen-bond donors (Lipinski definition) is 1. The molecule has 0 fully saturated rings. The van der Waals surface area contributed by atoms with Crippen LogP contribution in [-0.2, 0) is 0 Å². The fourth-order valence-corrected chi connectivity index (χ4v) is 2.59. The SMILES string of the molecule is C/C(CN1C(=O)c2ccccc2C1=O)=N\NC(=O)c1ccc(Br)o1. The number of imide groups is 1.